The first-order valence-corrected chi connectivity index (χ1v) is 8.30. The molecule has 1 heterocycles. The summed E-state index contributed by atoms with van der Waals surface area (Å²) in [5.41, 5.74) is 6.38. The predicted octanol–water partition coefficient (Wildman–Crippen LogP) is 5.04. The fourth-order valence-corrected chi connectivity index (χ4v) is 3.19. The molecule has 3 rings (SSSR count). The molecule has 1 nitrogen and oxygen atoms in total. The van der Waals surface area contributed by atoms with Crippen molar-refractivity contribution in [2.75, 3.05) is 13.1 Å². The average molecular weight is 291 g/mol. The Kier molecular flexibility index (Phi) is 4.74. The van der Waals surface area contributed by atoms with Gasteiger partial charge in [0.2, 0.25) is 0 Å². The Morgan fingerprint density at radius 3 is 2.41 bits per heavy atom. The zero-order valence-corrected chi connectivity index (χ0v) is 13.5. The minimum Gasteiger partial charge on any atom is -0.299 e. The molecule has 22 heavy (non-hydrogen) atoms. The minimum absolute atomic E-state index is 1.07. The lowest BCUT2D eigenvalue weighted by molar-refractivity contribution is 0.220. The molecule has 1 heteroatoms. The molecule has 1 aliphatic rings. The van der Waals surface area contributed by atoms with Crippen molar-refractivity contribution in [3.05, 3.63) is 77.4 Å². The van der Waals surface area contributed by atoms with Crippen molar-refractivity contribution in [3.8, 4) is 0 Å². The summed E-state index contributed by atoms with van der Waals surface area (Å²) in [6, 6.07) is 17.2. The summed E-state index contributed by atoms with van der Waals surface area (Å²) < 4.78 is 0. The lowest BCUT2D eigenvalue weighted by Gasteiger charge is -2.27. The third-order valence-electron chi connectivity index (χ3n) is 4.66. The molecule has 1 fully saturated rings. The molecule has 0 N–H and O–H groups in total. The van der Waals surface area contributed by atoms with Crippen LogP contribution in [0.1, 0.15) is 41.5 Å². The van der Waals surface area contributed by atoms with E-state index in [4.69, 9.17) is 0 Å². The molecule has 0 atom stereocenters. The molecule has 0 radical (unpaired) electrons. The second kappa shape index (κ2) is 6.93. The number of rotatable bonds is 4. The van der Waals surface area contributed by atoms with E-state index in [2.05, 4.69) is 60.9 Å². The van der Waals surface area contributed by atoms with Gasteiger partial charge in [0.15, 0.2) is 0 Å². The number of hydrogen-bond donors (Lipinski definition) is 0. The molecule has 0 aliphatic carbocycles. The van der Waals surface area contributed by atoms with E-state index in [9.17, 15) is 0 Å². The molecule has 0 unspecified atom stereocenters. The summed E-state index contributed by atoms with van der Waals surface area (Å²) in [7, 11) is 0. The highest BCUT2D eigenvalue weighted by Gasteiger charge is 2.12. The van der Waals surface area contributed by atoms with E-state index in [1.54, 1.807) is 0 Å². The molecular weight excluding hydrogens is 266 g/mol. The van der Waals surface area contributed by atoms with Gasteiger partial charge < -0.3 is 0 Å². The SMILES string of the molecule is C=C(c1ccccc1)c1ccc(C)c(CN2CCCCC2)c1. The second-order valence-electron chi connectivity index (χ2n) is 6.32. The van der Waals surface area contributed by atoms with Gasteiger partial charge in [-0.1, -0.05) is 55.5 Å². The summed E-state index contributed by atoms with van der Waals surface area (Å²) in [6.07, 6.45) is 4.07. The smallest absolute Gasteiger partial charge is 0.0236 e. The normalized spacial score (nSPS) is 15.7. The maximum absolute atomic E-state index is 4.30. The quantitative estimate of drug-likeness (QED) is 0.762. The highest BCUT2D eigenvalue weighted by Crippen LogP contribution is 2.25. The Hall–Kier alpha value is -1.86. The Morgan fingerprint density at radius 2 is 1.68 bits per heavy atom. The van der Waals surface area contributed by atoms with Gasteiger partial charge in [0.1, 0.15) is 0 Å². The monoisotopic (exact) mass is 291 g/mol. The standard InChI is InChI=1S/C21H25N/c1-17-11-12-20(18(2)19-9-5-3-6-10-19)15-21(17)16-22-13-7-4-8-14-22/h3,5-6,9-12,15H,2,4,7-8,13-14,16H2,1H3. The molecule has 0 saturated carbocycles. The fourth-order valence-electron chi connectivity index (χ4n) is 3.19. The van der Waals surface area contributed by atoms with Crippen LogP contribution in [0.3, 0.4) is 0 Å². The van der Waals surface area contributed by atoms with Crippen LogP contribution in [0.5, 0.6) is 0 Å². The fraction of sp³-hybridized carbons (Fsp3) is 0.333. The first-order chi connectivity index (χ1) is 10.7. The summed E-state index contributed by atoms with van der Waals surface area (Å²) in [5, 5.41) is 0. The van der Waals surface area contributed by atoms with E-state index >= 15 is 0 Å². The van der Waals surface area contributed by atoms with Crippen molar-refractivity contribution >= 4 is 5.57 Å². The summed E-state index contributed by atoms with van der Waals surface area (Å²) >= 11 is 0. The Morgan fingerprint density at radius 1 is 0.955 bits per heavy atom. The Balaban J connectivity index is 1.81. The van der Waals surface area contributed by atoms with Gasteiger partial charge in [-0.25, -0.2) is 0 Å². The van der Waals surface area contributed by atoms with Crippen molar-refractivity contribution in [2.24, 2.45) is 0 Å². The largest absolute Gasteiger partial charge is 0.299 e. The van der Waals surface area contributed by atoms with Crippen LogP contribution in [0.2, 0.25) is 0 Å². The van der Waals surface area contributed by atoms with E-state index < -0.39 is 0 Å². The van der Waals surface area contributed by atoms with Gasteiger partial charge >= 0.3 is 0 Å². The molecular formula is C21H25N. The van der Waals surface area contributed by atoms with Crippen LogP contribution in [0.15, 0.2) is 55.1 Å². The van der Waals surface area contributed by atoms with Gasteiger partial charge in [0.25, 0.3) is 0 Å². The van der Waals surface area contributed by atoms with Gasteiger partial charge in [-0.2, -0.15) is 0 Å². The maximum atomic E-state index is 4.30. The lowest BCUT2D eigenvalue weighted by Crippen LogP contribution is -2.29. The minimum atomic E-state index is 1.07. The topological polar surface area (TPSA) is 3.24 Å². The summed E-state index contributed by atoms with van der Waals surface area (Å²) in [6.45, 7) is 10.1. The van der Waals surface area contributed by atoms with Crippen molar-refractivity contribution in [1.82, 2.24) is 4.90 Å². The van der Waals surface area contributed by atoms with Crippen LogP contribution >= 0.6 is 0 Å². The number of benzene rings is 2. The number of aryl methyl sites for hydroxylation is 1. The molecule has 0 amide bonds. The molecule has 114 valence electrons. The third kappa shape index (κ3) is 3.48. The maximum Gasteiger partial charge on any atom is 0.0236 e. The molecule has 0 aromatic heterocycles. The first-order valence-electron chi connectivity index (χ1n) is 8.30. The van der Waals surface area contributed by atoms with Crippen LogP contribution in [0, 0.1) is 6.92 Å². The molecule has 2 aromatic rings. The van der Waals surface area contributed by atoms with Gasteiger partial charge in [0, 0.05) is 6.54 Å². The third-order valence-corrected chi connectivity index (χ3v) is 4.66. The zero-order valence-electron chi connectivity index (χ0n) is 13.5. The lowest BCUT2D eigenvalue weighted by atomic mass is 9.95. The van der Waals surface area contributed by atoms with Crippen molar-refractivity contribution in [1.29, 1.82) is 0 Å². The number of hydrogen-bond acceptors (Lipinski definition) is 1. The van der Waals surface area contributed by atoms with Crippen LogP contribution < -0.4 is 0 Å². The van der Waals surface area contributed by atoms with E-state index in [1.807, 2.05) is 6.07 Å². The molecule has 0 bridgehead atoms. The average Bonchev–Trinajstić information content (AvgIpc) is 2.58. The van der Waals surface area contributed by atoms with Crippen LogP contribution in [0.25, 0.3) is 5.57 Å². The highest BCUT2D eigenvalue weighted by atomic mass is 15.1. The zero-order chi connectivity index (χ0) is 15.4. The van der Waals surface area contributed by atoms with Gasteiger partial charge in [-0.3, -0.25) is 4.90 Å². The molecule has 0 spiro atoms. The Bertz CT molecular complexity index is 636. The van der Waals surface area contributed by atoms with E-state index in [0.29, 0.717) is 0 Å². The van der Waals surface area contributed by atoms with Gasteiger partial charge in [-0.15, -0.1) is 0 Å². The summed E-state index contributed by atoms with van der Waals surface area (Å²) in [5.74, 6) is 0. The van der Waals surface area contributed by atoms with Crippen LogP contribution in [-0.4, -0.2) is 18.0 Å². The number of nitrogens with zero attached hydrogens (tertiary/aromatic N) is 1. The van der Waals surface area contributed by atoms with Gasteiger partial charge in [0.05, 0.1) is 0 Å². The summed E-state index contributed by atoms with van der Waals surface area (Å²) in [4.78, 5) is 2.58. The highest BCUT2D eigenvalue weighted by molar-refractivity contribution is 5.78. The number of piperidine rings is 1. The van der Waals surface area contributed by atoms with E-state index in [0.717, 1.165) is 12.1 Å². The van der Waals surface area contributed by atoms with E-state index in [1.165, 1.54) is 54.6 Å². The van der Waals surface area contributed by atoms with Crippen molar-refractivity contribution < 1.29 is 0 Å². The van der Waals surface area contributed by atoms with Crippen LogP contribution in [0.4, 0.5) is 0 Å². The molecule has 1 aliphatic heterocycles. The predicted molar refractivity (Wildman–Crippen MR) is 94.9 cm³/mol. The van der Waals surface area contributed by atoms with Crippen molar-refractivity contribution in [2.45, 2.75) is 32.7 Å². The number of likely N-dealkylation sites (tertiary alicyclic amines) is 1. The van der Waals surface area contributed by atoms with Gasteiger partial charge in [-0.05, 0) is 66.7 Å². The second-order valence-corrected chi connectivity index (χ2v) is 6.32. The van der Waals surface area contributed by atoms with Crippen molar-refractivity contribution in [3.63, 3.8) is 0 Å². The molecule has 2 aromatic carbocycles. The Labute approximate surface area is 134 Å². The van der Waals surface area contributed by atoms with Crippen LogP contribution in [-0.2, 0) is 6.54 Å². The first kappa shape index (κ1) is 15.1. The molecule has 1 saturated heterocycles. The van der Waals surface area contributed by atoms with E-state index in [-0.39, 0.29) is 0 Å².